The van der Waals surface area contributed by atoms with Crippen LogP contribution in [-0.2, 0) is 4.79 Å². The first-order chi connectivity index (χ1) is 13.7. The van der Waals surface area contributed by atoms with E-state index < -0.39 is 0 Å². The Hall–Kier alpha value is -3.46. The van der Waals surface area contributed by atoms with E-state index in [9.17, 15) is 4.79 Å². The number of rotatable bonds is 6. The molecule has 140 valence electrons. The summed E-state index contributed by atoms with van der Waals surface area (Å²) in [5.74, 6) is 0.783. The fourth-order valence-corrected chi connectivity index (χ4v) is 3.31. The SMILES string of the molecule is COc1ccc(NC(=O)CSc2ncnc3c2nnn3-c2ccccc2)cc1. The summed E-state index contributed by atoms with van der Waals surface area (Å²) in [6.45, 7) is 0. The number of amides is 1. The average Bonchev–Trinajstić information content (AvgIpc) is 3.18. The van der Waals surface area contributed by atoms with Crippen molar-refractivity contribution in [2.24, 2.45) is 0 Å². The first-order valence-corrected chi connectivity index (χ1v) is 9.41. The van der Waals surface area contributed by atoms with Crippen molar-refractivity contribution < 1.29 is 9.53 Å². The summed E-state index contributed by atoms with van der Waals surface area (Å²) in [5, 5.41) is 11.8. The Bertz CT molecular complexity index is 1100. The summed E-state index contributed by atoms with van der Waals surface area (Å²) in [4.78, 5) is 20.8. The molecule has 9 heteroatoms. The maximum Gasteiger partial charge on any atom is 0.234 e. The van der Waals surface area contributed by atoms with E-state index in [2.05, 4.69) is 25.6 Å². The molecule has 2 aromatic carbocycles. The van der Waals surface area contributed by atoms with Crippen LogP contribution >= 0.6 is 11.8 Å². The molecule has 0 atom stereocenters. The third-order valence-corrected chi connectivity index (χ3v) is 4.90. The van der Waals surface area contributed by atoms with Gasteiger partial charge in [0.1, 0.15) is 17.1 Å². The lowest BCUT2D eigenvalue weighted by Crippen LogP contribution is -2.14. The molecule has 0 unspecified atom stereocenters. The quantitative estimate of drug-likeness (QED) is 0.398. The number of hydrogen-bond acceptors (Lipinski definition) is 7. The number of hydrogen-bond donors (Lipinski definition) is 1. The van der Waals surface area contributed by atoms with Crippen molar-refractivity contribution in [1.82, 2.24) is 25.0 Å². The lowest BCUT2D eigenvalue weighted by atomic mass is 10.3. The number of ether oxygens (including phenoxy) is 1. The minimum Gasteiger partial charge on any atom is -0.497 e. The summed E-state index contributed by atoms with van der Waals surface area (Å²) in [7, 11) is 1.60. The lowest BCUT2D eigenvalue weighted by Gasteiger charge is -2.06. The predicted octanol–water partition coefficient (Wildman–Crippen LogP) is 2.95. The number of para-hydroxylation sites is 1. The van der Waals surface area contributed by atoms with E-state index >= 15 is 0 Å². The van der Waals surface area contributed by atoms with Gasteiger partial charge in [0.25, 0.3) is 0 Å². The molecule has 28 heavy (non-hydrogen) atoms. The third-order valence-electron chi connectivity index (χ3n) is 3.92. The van der Waals surface area contributed by atoms with Crippen molar-refractivity contribution in [3.05, 3.63) is 60.9 Å². The van der Waals surface area contributed by atoms with Gasteiger partial charge in [-0.1, -0.05) is 35.2 Å². The molecule has 8 nitrogen and oxygen atoms in total. The molecule has 2 heterocycles. The molecule has 0 aliphatic carbocycles. The molecule has 1 N–H and O–H groups in total. The number of anilines is 1. The molecule has 1 amide bonds. The van der Waals surface area contributed by atoms with Crippen LogP contribution < -0.4 is 10.1 Å². The van der Waals surface area contributed by atoms with Crippen LogP contribution in [0.1, 0.15) is 0 Å². The highest BCUT2D eigenvalue weighted by Gasteiger charge is 2.14. The van der Waals surface area contributed by atoms with E-state index in [-0.39, 0.29) is 11.7 Å². The molecule has 0 saturated heterocycles. The van der Waals surface area contributed by atoms with Gasteiger partial charge in [0.05, 0.1) is 18.6 Å². The molecular formula is C19H16N6O2S. The van der Waals surface area contributed by atoms with Crippen molar-refractivity contribution in [1.29, 1.82) is 0 Å². The topological polar surface area (TPSA) is 94.8 Å². The Labute approximate surface area is 165 Å². The van der Waals surface area contributed by atoms with E-state index in [1.54, 1.807) is 36.1 Å². The van der Waals surface area contributed by atoms with E-state index in [0.717, 1.165) is 11.4 Å². The van der Waals surface area contributed by atoms with Gasteiger partial charge in [0.2, 0.25) is 5.91 Å². The van der Waals surface area contributed by atoms with Crippen LogP contribution in [0.25, 0.3) is 16.9 Å². The van der Waals surface area contributed by atoms with E-state index in [1.165, 1.54) is 18.1 Å². The van der Waals surface area contributed by atoms with E-state index in [0.29, 0.717) is 21.9 Å². The minimum absolute atomic E-state index is 0.141. The Morgan fingerprint density at radius 2 is 1.89 bits per heavy atom. The number of methoxy groups -OCH3 is 1. The lowest BCUT2D eigenvalue weighted by molar-refractivity contribution is -0.113. The van der Waals surface area contributed by atoms with Gasteiger partial charge in [-0.2, -0.15) is 4.68 Å². The molecular weight excluding hydrogens is 376 g/mol. The maximum absolute atomic E-state index is 12.3. The highest BCUT2D eigenvalue weighted by Crippen LogP contribution is 2.24. The zero-order chi connectivity index (χ0) is 19.3. The number of aromatic nitrogens is 5. The normalized spacial score (nSPS) is 10.8. The van der Waals surface area contributed by atoms with Gasteiger partial charge < -0.3 is 10.1 Å². The summed E-state index contributed by atoms with van der Waals surface area (Å²) in [6, 6.07) is 16.8. The van der Waals surface area contributed by atoms with Crippen LogP contribution in [0, 0.1) is 0 Å². The maximum atomic E-state index is 12.3. The van der Waals surface area contributed by atoms with Crippen LogP contribution in [-0.4, -0.2) is 43.7 Å². The molecule has 2 aromatic heterocycles. The Morgan fingerprint density at radius 1 is 1.11 bits per heavy atom. The van der Waals surface area contributed by atoms with Crippen LogP contribution in [0.15, 0.2) is 66.0 Å². The van der Waals surface area contributed by atoms with Gasteiger partial charge in [-0.25, -0.2) is 9.97 Å². The number of nitrogens with one attached hydrogen (secondary N) is 1. The van der Waals surface area contributed by atoms with Crippen molar-refractivity contribution in [3.8, 4) is 11.4 Å². The summed E-state index contributed by atoms with van der Waals surface area (Å²) in [5.41, 5.74) is 2.72. The first kappa shape index (κ1) is 17.9. The Kier molecular flexibility index (Phi) is 5.16. The standard InChI is InChI=1S/C19H16N6O2S/c1-27-15-9-7-13(8-10-15)22-16(26)11-28-19-17-18(20-12-21-19)25(24-23-17)14-5-3-2-4-6-14/h2-10,12H,11H2,1H3,(H,22,26). The highest BCUT2D eigenvalue weighted by atomic mass is 32.2. The smallest absolute Gasteiger partial charge is 0.234 e. The van der Waals surface area contributed by atoms with Crippen molar-refractivity contribution in [2.45, 2.75) is 5.03 Å². The van der Waals surface area contributed by atoms with Crippen LogP contribution in [0.5, 0.6) is 5.75 Å². The van der Waals surface area contributed by atoms with Crippen molar-refractivity contribution in [3.63, 3.8) is 0 Å². The third kappa shape index (κ3) is 3.79. The molecule has 0 bridgehead atoms. The fraction of sp³-hybridized carbons (Fsp3) is 0.105. The summed E-state index contributed by atoms with van der Waals surface area (Å²) < 4.78 is 6.76. The van der Waals surface area contributed by atoms with Crippen LogP contribution in [0.2, 0.25) is 0 Å². The molecule has 0 aliphatic heterocycles. The molecule has 4 rings (SSSR count). The van der Waals surface area contributed by atoms with Crippen LogP contribution in [0.4, 0.5) is 5.69 Å². The van der Waals surface area contributed by atoms with E-state index in [4.69, 9.17) is 4.74 Å². The Balaban J connectivity index is 1.47. The zero-order valence-electron chi connectivity index (χ0n) is 14.9. The van der Waals surface area contributed by atoms with Gasteiger partial charge in [-0.05, 0) is 36.4 Å². The van der Waals surface area contributed by atoms with Gasteiger partial charge >= 0.3 is 0 Å². The van der Waals surface area contributed by atoms with Crippen molar-refractivity contribution >= 4 is 34.5 Å². The van der Waals surface area contributed by atoms with Gasteiger partial charge in [0.15, 0.2) is 11.2 Å². The van der Waals surface area contributed by atoms with Crippen LogP contribution in [0.3, 0.4) is 0 Å². The van der Waals surface area contributed by atoms with Crippen molar-refractivity contribution in [2.75, 3.05) is 18.2 Å². The minimum atomic E-state index is -0.141. The Morgan fingerprint density at radius 3 is 2.64 bits per heavy atom. The average molecular weight is 392 g/mol. The van der Waals surface area contributed by atoms with Gasteiger partial charge in [0, 0.05) is 5.69 Å². The summed E-state index contributed by atoms with van der Waals surface area (Å²) in [6.07, 6.45) is 1.45. The molecule has 0 spiro atoms. The molecule has 0 fully saturated rings. The second-order valence-corrected chi connectivity index (χ2v) is 6.72. The number of thioether (sulfide) groups is 1. The molecule has 0 aliphatic rings. The zero-order valence-corrected chi connectivity index (χ0v) is 15.8. The first-order valence-electron chi connectivity index (χ1n) is 8.43. The monoisotopic (exact) mass is 392 g/mol. The molecule has 4 aromatic rings. The van der Waals surface area contributed by atoms with Gasteiger partial charge in [-0.3, -0.25) is 4.79 Å². The second-order valence-electron chi connectivity index (χ2n) is 5.75. The number of nitrogens with zero attached hydrogens (tertiary/aromatic N) is 5. The number of carbonyl (C=O) groups excluding carboxylic acids is 1. The largest absolute Gasteiger partial charge is 0.497 e. The number of carbonyl (C=O) groups is 1. The van der Waals surface area contributed by atoms with E-state index in [1.807, 2.05) is 30.3 Å². The van der Waals surface area contributed by atoms with Gasteiger partial charge in [-0.15, -0.1) is 5.10 Å². The number of benzene rings is 2. The number of fused-ring (bicyclic) bond motifs is 1. The molecule has 0 saturated carbocycles. The highest BCUT2D eigenvalue weighted by molar-refractivity contribution is 8.00. The predicted molar refractivity (Wildman–Crippen MR) is 107 cm³/mol. The fourth-order valence-electron chi connectivity index (χ4n) is 2.58. The molecule has 0 radical (unpaired) electrons. The summed E-state index contributed by atoms with van der Waals surface area (Å²) >= 11 is 1.29. The second kappa shape index (κ2) is 8.05.